The number of hydrogen-bond donors (Lipinski definition) is 0. The molecule has 3 rings (SSSR count). The first-order valence-electron chi connectivity index (χ1n) is 10.0. The van der Waals surface area contributed by atoms with E-state index in [-0.39, 0.29) is 41.8 Å². The highest BCUT2D eigenvalue weighted by molar-refractivity contribution is 7.91. The number of Topliss-reactive ketones (excluding diaryl/α,β-unsaturated/α-hetero) is 1. The van der Waals surface area contributed by atoms with Gasteiger partial charge in [-0.2, -0.15) is 0 Å². The van der Waals surface area contributed by atoms with Crippen LogP contribution in [0.2, 0.25) is 0 Å². The molecule has 1 aromatic heterocycles. The molecule has 0 radical (unpaired) electrons. The standard InChI is InChI=1S/C20H30N2O5S/c1-4-27-20(24)16-6-5-8-21(11-16)12-19(23)18-10-14(2)22(15(18)3)17-7-9-28(25,26)13-17/h10,16-17H,4-9,11-13H2,1-3H3/t16-,17-/m1/s1. The van der Waals surface area contributed by atoms with Crippen LogP contribution in [0.4, 0.5) is 0 Å². The minimum Gasteiger partial charge on any atom is -0.466 e. The average molecular weight is 411 g/mol. The van der Waals surface area contributed by atoms with Crippen molar-refractivity contribution >= 4 is 21.6 Å². The molecule has 0 bridgehead atoms. The Bertz CT molecular complexity index is 858. The third kappa shape index (κ3) is 4.49. The minimum absolute atomic E-state index is 0.0183. The summed E-state index contributed by atoms with van der Waals surface area (Å²) in [7, 11) is -2.99. The number of ether oxygens (including phenoxy) is 1. The highest BCUT2D eigenvalue weighted by Crippen LogP contribution is 2.29. The molecule has 1 aromatic rings. The number of sulfone groups is 1. The number of nitrogens with zero attached hydrogens (tertiary/aromatic N) is 2. The second-order valence-corrected chi connectivity index (χ2v) is 10.2. The lowest BCUT2D eigenvalue weighted by molar-refractivity contribution is -0.149. The van der Waals surface area contributed by atoms with Gasteiger partial charge in [-0.3, -0.25) is 14.5 Å². The molecule has 8 heteroatoms. The second-order valence-electron chi connectivity index (χ2n) is 7.96. The summed E-state index contributed by atoms with van der Waals surface area (Å²) < 4.78 is 30.8. The fourth-order valence-corrected chi connectivity index (χ4v) is 6.24. The summed E-state index contributed by atoms with van der Waals surface area (Å²) in [4.78, 5) is 27.0. The molecule has 0 spiro atoms. The monoisotopic (exact) mass is 410 g/mol. The summed E-state index contributed by atoms with van der Waals surface area (Å²) in [5.41, 5.74) is 2.41. The zero-order valence-corrected chi connectivity index (χ0v) is 17.8. The van der Waals surface area contributed by atoms with E-state index in [0.29, 0.717) is 25.1 Å². The van der Waals surface area contributed by atoms with Crippen LogP contribution >= 0.6 is 0 Å². The Morgan fingerprint density at radius 1 is 1.25 bits per heavy atom. The van der Waals surface area contributed by atoms with Gasteiger partial charge < -0.3 is 9.30 Å². The zero-order valence-electron chi connectivity index (χ0n) is 16.9. The van der Waals surface area contributed by atoms with Crippen molar-refractivity contribution in [2.24, 2.45) is 5.92 Å². The largest absolute Gasteiger partial charge is 0.466 e. The Kier molecular flexibility index (Phi) is 6.29. The van der Waals surface area contributed by atoms with E-state index in [0.717, 1.165) is 30.8 Å². The zero-order chi connectivity index (χ0) is 20.5. The molecule has 2 saturated heterocycles. The van der Waals surface area contributed by atoms with Crippen LogP contribution in [0.15, 0.2) is 6.07 Å². The molecule has 156 valence electrons. The van der Waals surface area contributed by atoms with Crippen LogP contribution in [0.1, 0.15) is 54.0 Å². The van der Waals surface area contributed by atoms with Crippen LogP contribution in [0.5, 0.6) is 0 Å². The van der Waals surface area contributed by atoms with Gasteiger partial charge in [-0.15, -0.1) is 0 Å². The summed E-state index contributed by atoms with van der Waals surface area (Å²) in [5, 5.41) is 0. The normalized spacial score (nSPS) is 25.0. The van der Waals surface area contributed by atoms with Crippen LogP contribution in [0.3, 0.4) is 0 Å². The number of aromatic nitrogens is 1. The quantitative estimate of drug-likeness (QED) is 0.526. The van der Waals surface area contributed by atoms with Crippen molar-refractivity contribution < 1.29 is 22.7 Å². The molecule has 2 aliphatic heterocycles. The molecule has 7 nitrogen and oxygen atoms in total. The summed E-state index contributed by atoms with van der Waals surface area (Å²) in [5.74, 6) is 0.0216. The Morgan fingerprint density at radius 2 is 2.00 bits per heavy atom. The lowest BCUT2D eigenvalue weighted by atomic mass is 9.97. The predicted molar refractivity (Wildman–Crippen MR) is 106 cm³/mol. The number of hydrogen-bond acceptors (Lipinski definition) is 6. The Hall–Kier alpha value is -1.67. The lowest BCUT2D eigenvalue weighted by Crippen LogP contribution is -2.41. The van der Waals surface area contributed by atoms with E-state index in [1.54, 1.807) is 6.92 Å². The molecule has 0 aliphatic carbocycles. The highest BCUT2D eigenvalue weighted by Gasteiger charge is 2.32. The first-order valence-corrected chi connectivity index (χ1v) is 11.8. The molecule has 3 heterocycles. The van der Waals surface area contributed by atoms with Gasteiger partial charge in [0.05, 0.1) is 30.6 Å². The van der Waals surface area contributed by atoms with Crippen LogP contribution in [0, 0.1) is 19.8 Å². The van der Waals surface area contributed by atoms with Crippen LogP contribution < -0.4 is 0 Å². The molecule has 0 amide bonds. The van der Waals surface area contributed by atoms with E-state index in [2.05, 4.69) is 0 Å². The number of piperidine rings is 1. The molecule has 0 N–H and O–H groups in total. The van der Waals surface area contributed by atoms with Crippen molar-refractivity contribution in [1.29, 1.82) is 0 Å². The maximum absolute atomic E-state index is 13.0. The Morgan fingerprint density at radius 3 is 2.64 bits per heavy atom. The van der Waals surface area contributed by atoms with E-state index in [1.807, 2.05) is 29.4 Å². The molecule has 0 unspecified atom stereocenters. The number of carbonyl (C=O) groups excluding carboxylic acids is 2. The van der Waals surface area contributed by atoms with Gasteiger partial charge in [0.25, 0.3) is 0 Å². The number of ketones is 1. The van der Waals surface area contributed by atoms with Gasteiger partial charge in [0.15, 0.2) is 15.6 Å². The maximum atomic E-state index is 13.0. The maximum Gasteiger partial charge on any atom is 0.310 e. The lowest BCUT2D eigenvalue weighted by Gasteiger charge is -2.30. The minimum atomic E-state index is -2.99. The number of carbonyl (C=O) groups is 2. The predicted octanol–water partition coefficient (Wildman–Crippen LogP) is 1.92. The number of esters is 1. The van der Waals surface area contributed by atoms with Gasteiger partial charge in [0, 0.05) is 29.5 Å². The fraction of sp³-hybridized carbons (Fsp3) is 0.700. The first-order chi connectivity index (χ1) is 13.2. The van der Waals surface area contributed by atoms with Crippen LogP contribution in [-0.2, 0) is 19.4 Å². The molecule has 2 fully saturated rings. The summed E-state index contributed by atoms with van der Waals surface area (Å²) >= 11 is 0. The van der Waals surface area contributed by atoms with Crippen molar-refractivity contribution in [2.75, 3.05) is 37.7 Å². The van der Waals surface area contributed by atoms with Crippen LogP contribution in [-0.4, -0.2) is 67.4 Å². The van der Waals surface area contributed by atoms with Crippen molar-refractivity contribution in [3.05, 3.63) is 23.0 Å². The number of rotatable bonds is 6. The van der Waals surface area contributed by atoms with Crippen molar-refractivity contribution in [3.8, 4) is 0 Å². The third-order valence-corrected chi connectivity index (χ3v) is 7.60. The smallest absolute Gasteiger partial charge is 0.310 e. The molecule has 28 heavy (non-hydrogen) atoms. The average Bonchev–Trinajstić information content (AvgIpc) is 3.13. The SMILES string of the molecule is CCOC(=O)[C@@H]1CCCN(CC(=O)c2cc(C)n([C@@H]3CCS(=O)(=O)C3)c2C)C1. The van der Waals surface area contributed by atoms with Crippen molar-refractivity contribution in [3.63, 3.8) is 0 Å². The Balaban J connectivity index is 1.70. The van der Waals surface area contributed by atoms with E-state index in [9.17, 15) is 18.0 Å². The number of likely N-dealkylation sites (tertiary alicyclic amines) is 1. The van der Waals surface area contributed by atoms with Gasteiger partial charge in [0.1, 0.15) is 0 Å². The van der Waals surface area contributed by atoms with Gasteiger partial charge in [0.2, 0.25) is 0 Å². The van der Waals surface area contributed by atoms with Gasteiger partial charge >= 0.3 is 5.97 Å². The van der Waals surface area contributed by atoms with Gasteiger partial charge in [-0.05, 0) is 52.6 Å². The molecule has 0 aromatic carbocycles. The topological polar surface area (TPSA) is 85.7 Å². The first kappa shape index (κ1) is 21.0. The van der Waals surface area contributed by atoms with Gasteiger partial charge in [-0.25, -0.2) is 8.42 Å². The summed E-state index contributed by atoms with van der Waals surface area (Å²) in [6.07, 6.45) is 2.27. The highest BCUT2D eigenvalue weighted by atomic mass is 32.2. The molecule has 0 saturated carbocycles. The molecule has 2 atom stereocenters. The molecular weight excluding hydrogens is 380 g/mol. The summed E-state index contributed by atoms with van der Waals surface area (Å²) in [6, 6.07) is 1.78. The Labute approximate surface area is 166 Å². The van der Waals surface area contributed by atoms with E-state index >= 15 is 0 Å². The summed E-state index contributed by atoms with van der Waals surface area (Å²) in [6.45, 7) is 7.59. The van der Waals surface area contributed by atoms with Crippen molar-refractivity contribution in [2.45, 2.75) is 46.1 Å². The van der Waals surface area contributed by atoms with Gasteiger partial charge in [-0.1, -0.05) is 0 Å². The second kappa shape index (κ2) is 8.37. The van der Waals surface area contributed by atoms with Crippen molar-refractivity contribution in [1.82, 2.24) is 9.47 Å². The van der Waals surface area contributed by atoms with Crippen LogP contribution in [0.25, 0.3) is 0 Å². The van der Waals surface area contributed by atoms with E-state index in [4.69, 9.17) is 4.74 Å². The van der Waals surface area contributed by atoms with E-state index < -0.39 is 9.84 Å². The molecular formula is C20H30N2O5S. The third-order valence-electron chi connectivity index (χ3n) is 5.85. The van der Waals surface area contributed by atoms with E-state index in [1.165, 1.54) is 0 Å². The molecule has 2 aliphatic rings. The fourth-order valence-electron chi connectivity index (χ4n) is 4.54. The number of aryl methyl sites for hydroxylation is 1.